The number of benzene rings is 1. The first-order valence-corrected chi connectivity index (χ1v) is 10.0. The quantitative estimate of drug-likeness (QED) is 0.788. The minimum atomic E-state index is -0.0950. The highest BCUT2D eigenvalue weighted by atomic mass is 32.1. The Kier molecular flexibility index (Phi) is 6.68. The molecule has 0 bridgehead atoms. The molecule has 2 heterocycles. The van der Waals surface area contributed by atoms with E-state index in [0.29, 0.717) is 29.5 Å². The Hall–Kier alpha value is -2.12. The van der Waals surface area contributed by atoms with Crippen molar-refractivity contribution in [3.63, 3.8) is 0 Å². The number of rotatable bonds is 7. The molecule has 1 aliphatic heterocycles. The molecular weight excluding hydrogens is 362 g/mol. The van der Waals surface area contributed by atoms with Crippen molar-refractivity contribution in [1.82, 2.24) is 15.2 Å². The summed E-state index contributed by atoms with van der Waals surface area (Å²) in [5, 5.41) is 4.18. The van der Waals surface area contributed by atoms with Crippen molar-refractivity contribution < 1.29 is 14.3 Å². The molecule has 1 aliphatic rings. The van der Waals surface area contributed by atoms with Gasteiger partial charge in [0.05, 0.1) is 19.2 Å². The predicted octanol–water partition coefficient (Wildman–Crippen LogP) is 3.11. The van der Waals surface area contributed by atoms with Gasteiger partial charge in [-0.25, -0.2) is 4.98 Å². The summed E-state index contributed by atoms with van der Waals surface area (Å²) in [7, 11) is 3.16. The van der Waals surface area contributed by atoms with Gasteiger partial charge in [0.1, 0.15) is 11.5 Å². The van der Waals surface area contributed by atoms with Gasteiger partial charge < -0.3 is 14.8 Å². The summed E-state index contributed by atoms with van der Waals surface area (Å²) in [5.74, 6) is 1.60. The number of nitrogens with zero attached hydrogens (tertiary/aromatic N) is 2. The Morgan fingerprint density at radius 1 is 1.30 bits per heavy atom. The highest BCUT2D eigenvalue weighted by molar-refractivity contribution is 7.11. The lowest BCUT2D eigenvalue weighted by molar-refractivity contribution is 0.0930. The van der Waals surface area contributed by atoms with E-state index < -0.39 is 0 Å². The Balaban J connectivity index is 1.53. The number of aromatic nitrogens is 1. The molecule has 1 fully saturated rings. The van der Waals surface area contributed by atoms with Gasteiger partial charge in [-0.2, -0.15) is 0 Å². The van der Waals surface area contributed by atoms with Crippen molar-refractivity contribution in [2.24, 2.45) is 5.92 Å². The molecule has 1 aromatic heterocycles. The second-order valence-electron chi connectivity index (χ2n) is 6.90. The number of hydrogen-bond acceptors (Lipinski definition) is 6. The van der Waals surface area contributed by atoms with Crippen LogP contribution in [0.5, 0.6) is 11.5 Å². The Labute approximate surface area is 164 Å². The van der Waals surface area contributed by atoms with Crippen LogP contribution in [-0.4, -0.2) is 49.6 Å². The van der Waals surface area contributed by atoms with Gasteiger partial charge in [-0.05, 0) is 44.4 Å². The summed E-state index contributed by atoms with van der Waals surface area (Å²) >= 11 is 1.76. The number of ether oxygens (including phenoxy) is 2. The summed E-state index contributed by atoms with van der Waals surface area (Å²) < 4.78 is 10.5. The summed E-state index contributed by atoms with van der Waals surface area (Å²) in [6.45, 7) is 5.77. The van der Waals surface area contributed by atoms with Gasteiger partial charge in [-0.3, -0.25) is 9.69 Å². The summed E-state index contributed by atoms with van der Waals surface area (Å²) in [4.78, 5) is 20.7. The fraction of sp³-hybridized carbons (Fsp3) is 0.500. The molecule has 0 saturated carbocycles. The van der Waals surface area contributed by atoms with E-state index in [1.165, 1.54) is 4.88 Å². The SMILES string of the molecule is COc1cc(OC)cc(C(=O)NCC2CCCN(Cc3cnc(C)s3)C2)c1. The number of amides is 1. The molecule has 0 radical (unpaired) electrons. The van der Waals surface area contributed by atoms with E-state index in [4.69, 9.17) is 9.47 Å². The number of piperidine rings is 1. The van der Waals surface area contributed by atoms with E-state index in [1.807, 2.05) is 13.1 Å². The fourth-order valence-corrected chi connectivity index (χ4v) is 4.28. The number of thiazole rings is 1. The number of aryl methyl sites for hydroxylation is 1. The lowest BCUT2D eigenvalue weighted by atomic mass is 9.98. The Bertz CT molecular complexity index is 755. The number of carbonyl (C=O) groups is 1. The largest absolute Gasteiger partial charge is 0.497 e. The zero-order valence-electron chi connectivity index (χ0n) is 16.2. The maximum Gasteiger partial charge on any atom is 0.251 e. The van der Waals surface area contributed by atoms with Crippen molar-refractivity contribution in [1.29, 1.82) is 0 Å². The van der Waals surface area contributed by atoms with Crippen molar-refractivity contribution >= 4 is 17.2 Å². The van der Waals surface area contributed by atoms with Crippen molar-refractivity contribution in [2.45, 2.75) is 26.3 Å². The molecule has 1 amide bonds. The number of likely N-dealkylation sites (tertiary alicyclic amines) is 1. The van der Waals surface area contributed by atoms with Crippen molar-refractivity contribution in [3.8, 4) is 11.5 Å². The number of methoxy groups -OCH3 is 2. The van der Waals surface area contributed by atoms with Gasteiger partial charge in [-0.15, -0.1) is 11.3 Å². The van der Waals surface area contributed by atoms with Crippen LogP contribution < -0.4 is 14.8 Å². The summed E-state index contributed by atoms with van der Waals surface area (Å²) in [6, 6.07) is 5.23. The highest BCUT2D eigenvalue weighted by Crippen LogP contribution is 2.23. The molecule has 27 heavy (non-hydrogen) atoms. The Morgan fingerprint density at radius 3 is 2.67 bits per heavy atom. The van der Waals surface area contributed by atoms with Crippen LogP contribution in [0.15, 0.2) is 24.4 Å². The van der Waals surface area contributed by atoms with Gasteiger partial charge in [0, 0.05) is 42.3 Å². The van der Waals surface area contributed by atoms with Crippen LogP contribution in [0.3, 0.4) is 0 Å². The van der Waals surface area contributed by atoms with Crippen LogP contribution >= 0.6 is 11.3 Å². The standard InChI is InChI=1S/C20H27N3O3S/c1-14-21-11-19(27-14)13-23-6-4-5-15(12-23)10-22-20(24)16-7-17(25-2)9-18(8-16)26-3/h7-9,11,15H,4-6,10,12-13H2,1-3H3,(H,22,24). The predicted molar refractivity (Wildman–Crippen MR) is 107 cm³/mol. The topological polar surface area (TPSA) is 63.7 Å². The normalized spacial score (nSPS) is 17.5. The van der Waals surface area contributed by atoms with E-state index in [9.17, 15) is 4.79 Å². The molecule has 0 aliphatic carbocycles. The molecule has 3 rings (SSSR count). The summed E-state index contributed by atoms with van der Waals surface area (Å²) in [5.41, 5.74) is 0.555. The van der Waals surface area contributed by atoms with Crippen LogP contribution in [0, 0.1) is 12.8 Å². The third-order valence-electron chi connectivity index (χ3n) is 4.82. The molecular formula is C20H27N3O3S. The first kappa shape index (κ1) is 19.6. The molecule has 1 saturated heterocycles. The van der Waals surface area contributed by atoms with Gasteiger partial charge >= 0.3 is 0 Å². The monoisotopic (exact) mass is 389 g/mol. The second-order valence-corrected chi connectivity index (χ2v) is 8.22. The highest BCUT2D eigenvalue weighted by Gasteiger charge is 2.21. The molecule has 146 valence electrons. The average Bonchev–Trinajstić information content (AvgIpc) is 3.10. The van der Waals surface area contributed by atoms with E-state index in [-0.39, 0.29) is 5.91 Å². The minimum Gasteiger partial charge on any atom is -0.497 e. The zero-order valence-corrected chi connectivity index (χ0v) is 17.0. The van der Waals surface area contributed by atoms with E-state index >= 15 is 0 Å². The second kappa shape index (κ2) is 9.19. The zero-order chi connectivity index (χ0) is 19.2. The molecule has 1 atom stereocenters. The third-order valence-corrected chi connectivity index (χ3v) is 5.71. The first-order chi connectivity index (χ1) is 13.1. The maximum absolute atomic E-state index is 12.6. The summed E-state index contributed by atoms with van der Waals surface area (Å²) in [6.07, 6.45) is 4.27. The third kappa shape index (κ3) is 5.43. The average molecular weight is 390 g/mol. The molecule has 6 nitrogen and oxygen atoms in total. The smallest absolute Gasteiger partial charge is 0.251 e. The van der Waals surface area contributed by atoms with E-state index in [1.54, 1.807) is 43.8 Å². The van der Waals surface area contributed by atoms with E-state index in [0.717, 1.165) is 37.5 Å². The lowest BCUT2D eigenvalue weighted by Crippen LogP contribution is -2.40. The maximum atomic E-state index is 12.6. The van der Waals surface area contributed by atoms with Gasteiger partial charge in [0.15, 0.2) is 0 Å². The van der Waals surface area contributed by atoms with Crippen LogP contribution in [-0.2, 0) is 6.54 Å². The molecule has 2 aromatic rings. The molecule has 1 N–H and O–H groups in total. The fourth-order valence-electron chi connectivity index (χ4n) is 3.44. The minimum absolute atomic E-state index is 0.0950. The molecule has 0 spiro atoms. The van der Waals surface area contributed by atoms with Crippen molar-refractivity contribution in [3.05, 3.63) is 39.8 Å². The molecule has 1 aromatic carbocycles. The van der Waals surface area contributed by atoms with Crippen LogP contribution in [0.25, 0.3) is 0 Å². The van der Waals surface area contributed by atoms with Crippen LogP contribution in [0.2, 0.25) is 0 Å². The van der Waals surface area contributed by atoms with Crippen LogP contribution in [0.4, 0.5) is 0 Å². The van der Waals surface area contributed by atoms with Crippen LogP contribution in [0.1, 0.15) is 33.1 Å². The van der Waals surface area contributed by atoms with Crippen molar-refractivity contribution in [2.75, 3.05) is 33.9 Å². The number of nitrogens with one attached hydrogen (secondary N) is 1. The number of carbonyl (C=O) groups excluding carboxylic acids is 1. The van der Waals surface area contributed by atoms with Gasteiger partial charge in [0.25, 0.3) is 5.91 Å². The van der Waals surface area contributed by atoms with Gasteiger partial charge in [-0.1, -0.05) is 0 Å². The number of hydrogen-bond donors (Lipinski definition) is 1. The lowest BCUT2D eigenvalue weighted by Gasteiger charge is -2.32. The first-order valence-electron chi connectivity index (χ1n) is 9.22. The molecule has 1 unspecified atom stereocenters. The van der Waals surface area contributed by atoms with E-state index in [2.05, 4.69) is 15.2 Å². The Morgan fingerprint density at radius 2 is 2.04 bits per heavy atom. The van der Waals surface area contributed by atoms with Gasteiger partial charge in [0.2, 0.25) is 0 Å². The molecule has 7 heteroatoms.